The minimum Gasteiger partial charge on any atom is -0.343 e. The molecule has 1 saturated heterocycles. The molecule has 1 aliphatic rings. The zero-order chi connectivity index (χ0) is 20.9. The van der Waals surface area contributed by atoms with Crippen LogP contribution in [0.25, 0.3) is 11.4 Å². The molecule has 0 saturated carbocycles. The van der Waals surface area contributed by atoms with Crippen LogP contribution in [0.4, 0.5) is 0 Å². The number of amides is 1. The summed E-state index contributed by atoms with van der Waals surface area (Å²) in [6.45, 7) is 5.68. The molecule has 7 heteroatoms. The van der Waals surface area contributed by atoms with Gasteiger partial charge in [-0.2, -0.15) is 4.98 Å². The first-order chi connectivity index (χ1) is 14.6. The van der Waals surface area contributed by atoms with E-state index in [2.05, 4.69) is 27.3 Å². The molecular weight excluding hydrogens is 400 g/mol. The van der Waals surface area contributed by atoms with Crippen molar-refractivity contribution in [2.75, 3.05) is 13.1 Å². The summed E-state index contributed by atoms with van der Waals surface area (Å²) in [7, 11) is 0. The van der Waals surface area contributed by atoms with Gasteiger partial charge in [0.05, 0.1) is 11.6 Å². The number of hydrogen-bond acceptors (Lipinski definition) is 5. The number of piperidine rings is 1. The lowest BCUT2D eigenvalue weighted by Gasteiger charge is -2.30. The van der Waals surface area contributed by atoms with Crippen LogP contribution in [0.3, 0.4) is 0 Å². The highest BCUT2D eigenvalue weighted by Gasteiger charge is 2.17. The smallest absolute Gasteiger partial charge is 0.251 e. The molecule has 1 atom stereocenters. The van der Waals surface area contributed by atoms with Crippen molar-refractivity contribution in [3.05, 3.63) is 70.6 Å². The Bertz CT molecular complexity index is 1000. The van der Waals surface area contributed by atoms with Crippen LogP contribution >= 0.6 is 11.6 Å². The maximum Gasteiger partial charge on any atom is 0.251 e. The van der Waals surface area contributed by atoms with Gasteiger partial charge in [0.15, 0.2) is 0 Å². The van der Waals surface area contributed by atoms with Crippen molar-refractivity contribution in [1.82, 2.24) is 20.4 Å². The highest BCUT2D eigenvalue weighted by atomic mass is 35.5. The van der Waals surface area contributed by atoms with Crippen LogP contribution in [0, 0.1) is 5.92 Å². The zero-order valence-electron chi connectivity index (χ0n) is 17.0. The summed E-state index contributed by atoms with van der Waals surface area (Å²) in [4.78, 5) is 19.3. The van der Waals surface area contributed by atoms with Gasteiger partial charge in [-0.3, -0.25) is 9.69 Å². The van der Waals surface area contributed by atoms with E-state index < -0.39 is 0 Å². The lowest BCUT2D eigenvalue weighted by Crippen LogP contribution is -2.33. The van der Waals surface area contributed by atoms with E-state index >= 15 is 0 Å². The topological polar surface area (TPSA) is 71.3 Å². The molecule has 2 aromatic carbocycles. The Kier molecular flexibility index (Phi) is 6.45. The minimum atomic E-state index is -0.175. The highest BCUT2D eigenvalue weighted by Crippen LogP contribution is 2.24. The maximum absolute atomic E-state index is 12.5. The van der Waals surface area contributed by atoms with E-state index in [1.54, 1.807) is 6.07 Å². The number of halogens is 1. The number of likely N-dealkylation sites (tertiary alicyclic amines) is 1. The molecule has 156 valence electrons. The normalized spacial score (nSPS) is 17.1. The van der Waals surface area contributed by atoms with Crippen LogP contribution in [-0.4, -0.2) is 34.0 Å². The van der Waals surface area contributed by atoms with Crippen LogP contribution in [0.2, 0.25) is 5.02 Å². The number of aromatic nitrogens is 2. The number of carbonyl (C=O) groups is 1. The molecule has 0 aliphatic carbocycles. The molecule has 1 amide bonds. The third-order valence-electron chi connectivity index (χ3n) is 5.35. The lowest BCUT2D eigenvalue weighted by molar-refractivity contribution is 0.0946. The van der Waals surface area contributed by atoms with Crippen LogP contribution in [0.5, 0.6) is 0 Å². The molecule has 1 aliphatic heterocycles. The van der Waals surface area contributed by atoms with Crippen LogP contribution in [0.1, 0.15) is 41.6 Å². The average molecular weight is 425 g/mol. The number of benzene rings is 2. The lowest BCUT2D eigenvalue weighted by atomic mass is 9.99. The second-order valence-electron chi connectivity index (χ2n) is 7.85. The van der Waals surface area contributed by atoms with E-state index in [9.17, 15) is 4.79 Å². The molecule has 2 heterocycles. The molecule has 30 heavy (non-hydrogen) atoms. The molecule has 1 aromatic heterocycles. The Hall–Kier alpha value is -2.70. The van der Waals surface area contributed by atoms with Gasteiger partial charge in [0.2, 0.25) is 11.7 Å². The summed E-state index contributed by atoms with van der Waals surface area (Å²) in [5.41, 5.74) is 2.53. The Morgan fingerprint density at radius 1 is 1.23 bits per heavy atom. The second kappa shape index (κ2) is 9.41. The zero-order valence-corrected chi connectivity index (χ0v) is 17.7. The van der Waals surface area contributed by atoms with E-state index in [4.69, 9.17) is 16.1 Å². The Morgan fingerprint density at radius 3 is 2.80 bits per heavy atom. The fourth-order valence-electron chi connectivity index (χ4n) is 3.79. The van der Waals surface area contributed by atoms with E-state index in [-0.39, 0.29) is 12.5 Å². The number of rotatable bonds is 6. The number of nitrogens with one attached hydrogen (secondary N) is 1. The van der Waals surface area contributed by atoms with E-state index in [1.807, 2.05) is 42.5 Å². The molecule has 0 radical (unpaired) electrons. The van der Waals surface area contributed by atoms with Gasteiger partial charge in [-0.1, -0.05) is 47.9 Å². The van der Waals surface area contributed by atoms with Gasteiger partial charge in [-0.05, 0) is 55.1 Å². The quantitative estimate of drug-likeness (QED) is 0.628. The fraction of sp³-hybridized carbons (Fsp3) is 0.348. The monoisotopic (exact) mass is 424 g/mol. The molecule has 0 spiro atoms. The molecular formula is C23H25ClN4O2. The van der Waals surface area contributed by atoms with Crippen LogP contribution in [-0.2, 0) is 13.1 Å². The van der Waals surface area contributed by atoms with Crippen molar-refractivity contribution < 1.29 is 9.32 Å². The van der Waals surface area contributed by atoms with Crippen molar-refractivity contribution in [3.63, 3.8) is 0 Å². The third-order valence-corrected chi connectivity index (χ3v) is 5.68. The third kappa shape index (κ3) is 5.07. The molecule has 4 rings (SSSR count). The average Bonchev–Trinajstić information content (AvgIpc) is 3.22. The summed E-state index contributed by atoms with van der Waals surface area (Å²) < 4.78 is 5.23. The molecule has 1 fully saturated rings. The van der Waals surface area contributed by atoms with Crippen molar-refractivity contribution >= 4 is 17.5 Å². The van der Waals surface area contributed by atoms with E-state index in [0.29, 0.717) is 27.9 Å². The van der Waals surface area contributed by atoms with Gasteiger partial charge < -0.3 is 9.84 Å². The standard InChI is InChI=1S/C23H25ClN4O2/c1-16-5-4-12-28(14-16)15-17-8-10-18(11-9-17)23(29)25-13-21-26-22(27-30-21)19-6-2-3-7-20(19)24/h2-3,6-11,16H,4-5,12-15H2,1H3,(H,25,29)/t16-/m0/s1. The molecule has 6 nitrogen and oxygen atoms in total. The predicted molar refractivity (Wildman–Crippen MR) is 116 cm³/mol. The first kappa shape index (κ1) is 20.6. The SMILES string of the molecule is C[C@H]1CCCN(Cc2ccc(C(=O)NCc3nc(-c4ccccc4Cl)no3)cc2)C1. The number of nitrogens with zero attached hydrogens (tertiary/aromatic N) is 3. The summed E-state index contributed by atoms with van der Waals surface area (Å²) in [6, 6.07) is 15.1. The summed E-state index contributed by atoms with van der Waals surface area (Å²) in [5.74, 6) is 1.31. The molecule has 0 bridgehead atoms. The van der Waals surface area contributed by atoms with Gasteiger partial charge >= 0.3 is 0 Å². The maximum atomic E-state index is 12.5. The molecule has 0 unspecified atom stereocenters. The Labute approximate surface area is 181 Å². The highest BCUT2D eigenvalue weighted by molar-refractivity contribution is 6.33. The Morgan fingerprint density at radius 2 is 2.03 bits per heavy atom. The number of carbonyl (C=O) groups excluding carboxylic acids is 1. The van der Waals surface area contributed by atoms with Crippen molar-refractivity contribution in [2.24, 2.45) is 5.92 Å². The van der Waals surface area contributed by atoms with Gasteiger partial charge in [0, 0.05) is 24.2 Å². The molecule has 3 aromatic rings. The molecule has 1 N–H and O–H groups in total. The summed E-state index contributed by atoms with van der Waals surface area (Å²) in [6.07, 6.45) is 2.57. The van der Waals surface area contributed by atoms with Gasteiger partial charge in [-0.15, -0.1) is 0 Å². The van der Waals surface area contributed by atoms with Gasteiger partial charge in [0.25, 0.3) is 5.91 Å². The summed E-state index contributed by atoms with van der Waals surface area (Å²) >= 11 is 6.16. The van der Waals surface area contributed by atoms with Crippen molar-refractivity contribution in [3.8, 4) is 11.4 Å². The Balaban J connectivity index is 1.32. The minimum absolute atomic E-state index is 0.156. The largest absolute Gasteiger partial charge is 0.343 e. The fourth-order valence-corrected chi connectivity index (χ4v) is 4.01. The van der Waals surface area contributed by atoms with Crippen LogP contribution in [0.15, 0.2) is 53.1 Å². The van der Waals surface area contributed by atoms with Crippen LogP contribution < -0.4 is 5.32 Å². The van der Waals surface area contributed by atoms with Gasteiger partial charge in [0.1, 0.15) is 0 Å². The first-order valence-corrected chi connectivity index (χ1v) is 10.6. The first-order valence-electron chi connectivity index (χ1n) is 10.3. The second-order valence-corrected chi connectivity index (χ2v) is 8.26. The van der Waals surface area contributed by atoms with Gasteiger partial charge in [-0.25, -0.2) is 0 Å². The van der Waals surface area contributed by atoms with Crippen molar-refractivity contribution in [1.29, 1.82) is 0 Å². The summed E-state index contributed by atoms with van der Waals surface area (Å²) in [5, 5.41) is 7.32. The van der Waals surface area contributed by atoms with E-state index in [1.165, 1.54) is 18.4 Å². The van der Waals surface area contributed by atoms with E-state index in [0.717, 1.165) is 25.6 Å². The van der Waals surface area contributed by atoms with Crippen molar-refractivity contribution in [2.45, 2.75) is 32.9 Å². The number of hydrogen-bond donors (Lipinski definition) is 1. The predicted octanol–water partition coefficient (Wildman–Crippen LogP) is 4.55.